The second-order valence-electron chi connectivity index (χ2n) is 8.87. The molecular formula is C26H30ClNO4. The molecule has 6 heteroatoms. The number of nitrogens with zero attached hydrogens (tertiary/aromatic N) is 1. The molecule has 0 spiro atoms. The van der Waals surface area contributed by atoms with E-state index in [0.29, 0.717) is 40.4 Å². The number of hydrogen-bond acceptors (Lipinski definition) is 4. The lowest BCUT2D eigenvalue weighted by atomic mass is 9.86. The molecule has 0 aliphatic rings. The summed E-state index contributed by atoms with van der Waals surface area (Å²) in [7, 11) is 0. The van der Waals surface area contributed by atoms with Crippen LogP contribution < -0.4 is 10.2 Å². The molecule has 0 saturated carbocycles. The van der Waals surface area contributed by atoms with Gasteiger partial charge in [-0.05, 0) is 49.4 Å². The van der Waals surface area contributed by atoms with E-state index in [0.717, 1.165) is 11.1 Å². The number of carbonyl (C=O) groups is 1. The number of benzene rings is 2. The van der Waals surface area contributed by atoms with Gasteiger partial charge in [0.15, 0.2) is 12.4 Å². The van der Waals surface area contributed by atoms with Crippen LogP contribution >= 0.6 is 11.6 Å². The van der Waals surface area contributed by atoms with Crippen molar-refractivity contribution in [2.24, 2.45) is 0 Å². The van der Waals surface area contributed by atoms with Gasteiger partial charge in [0, 0.05) is 23.7 Å². The number of aryl methyl sites for hydroxylation is 1. The fraction of sp³-hybridized carbons (Fsp3) is 0.385. The number of amides is 1. The van der Waals surface area contributed by atoms with Gasteiger partial charge < -0.3 is 14.1 Å². The van der Waals surface area contributed by atoms with Crippen LogP contribution in [-0.4, -0.2) is 30.5 Å². The molecule has 0 fully saturated rings. The summed E-state index contributed by atoms with van der Waals surface area (Å²) >= 11 is 6.25. The number of hydrogen-bond donors (Lipinski definition) is 0. The third-order valence-corrected chi connectivity index (χ3v) is 6.01. The van der Waals surface area contributed by atoms with Crippen molar-refractivity contribution in [3.8, 4) is 17.1 Å². The van der Waals surface area contributed by atoms with Gasteiger partial charge in [0.1, 0.15) is 5.58 Å². The maximum absolute atomic E-state index is 13.4. The highest BCUT2D eigenvalue weighted by Crippen LogP contribution is 2.34. The van der Waals surface area contributed by atoms with E-state index < -0.39 is 0 Å². The van der Waals surface area contributed by atoms with Gasteiger partial charge in [-0.3, -0.25) is 9.59 Å². The first-order valence-corrected chi connectivity index (χ1v) is 11.2. The van der Waals surface area contributed by atoms with Crippen molar-refractivity contribution in [3.63, 3.8) is 0 Å². The summed E-state index contributed by atoms with van der Waals surface area (Å²) in [6.07, 6.45) is 0. The van der Waals surface area contributed by atoms with Gasteiger partial charge in [-0.15, -0.1) is 0 Å². The van der Waals surface area contributed by atoms with Crippen molar-refractivity contribution in [2.45, 2.75) is 47.0 Å². The minimum absolute atomic E-state index is 0.00781. The SMILES string of the molecule is CCN(CC)C(=O)COc1c(-c2ccc(C(C)(C)C)cc2)oc2cc(C)c(Cl)cc2c1=O. The Kier molecular flexibility index (Phi) is 6.99. The third-order valence-electron chi connectivity index (χ3n) is 5.60. The summed E-state index contributed by atoms with van der Waals surface area (Å²) in [5.74, 6) is 0.129. The van der Waals surface area contributed by atoms with Crippen LogP contribution in [0.25, 0.3) is 22.3 Å². The zero-order valence-electron chi connectivity index (χ0n) is 19.5. The second kappa shape index (κ2) is 9.37. The molecule has 1 aromatic heterocycles. The molecule has 2 aromatic carbocycles. The Morgan fingerprint density at radius 1 is 1.09 bits per heavy atom. The second-order valence-corrected chi connectivity index (χ2v) is 9.28. The van der Waals surface area contributed by atoms with Crippen molar-refractivity contribution in [1.82, 2.24) is 4.90 Å². The van der Waals surface area contributed by atoms with Gasteiger partial charge in [-0.2, -0.15) is 0 Å². The topological polar surface area (TPSA) is 59.8 Å². The molecule has 3 aromatic rings. The van der Waals surface area contributed by atoms with E-state index in [1.807, 2.05) is 45.0 Å². The molecule has 170 valence electrons. The maximum atomic E-state index is 13.4. The number of rotatable bonds is 6. The molecule has 1 heterocycles. The van der Waals surface area contributed by atoms with Crippen molar-refractivity contribution in [2.75, 3.05) is 19.7 Å². The van der Waals surface area contributed by atoms with E-state index in [1.165, 1.54) is 0 Å². The Hall–Kier alpha value is -2.79. The van der Waals surface area contributed by atoms with E-state index in [4.69, 9.17) is 20.8 Å². The third kappa shape index (κ3) is 4.83. The lowest BCUT2D eigenvalue weighted by molar-refractivity contribution is -0.132. The number of fused-ring (bicyclic) bond motifs is 1. The molecular weight excluding hydrogens is 426 g/mol. The summed E-state index contributed by atoms with van der Waals surface area (Å²) in [6.45, 7) is 13.0. The normalized spacial score (nSPS) is 11.6. The minimum Gasteiger partial charge on any atom is -0.476 e. The van der Waals surface area contributed by atoms with Crippen LogP contribution in [0, 0.1) is 6.92 Å². The fourth-order valence-electron chi connectivity index (χ4n) is 3.54. The summed E-state index contributed by atoms with van der Waals surface area (Å²) in [5.41, 5.74) is 2.74. The van der Waals surface area contributed by atoms with Crippen molar-refractivity contribution >= 4 is 28.5 Å². The first-order chi connectivity index (χ1) is 15.1. The van der Waals surface area contributed by atoms with E-state index >= 15 is 0 Å². The molecule has 32 heavy (non-hydrogen) atoms. The van der Waals surface area contributed by atoms with Crippen LogP contribution in [0.2, 0.25) is 5.02 Å². The molecule has 0 atom stereocenters. The molecule has 0 aliphatic carbocycles. The van der Waals surface area contributed by atoms with E-state index in [1.54, 1.807) is 17.0 Å². The Morgan fingerprint density at radius 2 is 1.72 bits per heavy atom. The lowest BCUT2D eigenvalue weighted by Crippen LogP contribution is -2.35. The number of halogens is 1. The molecule has 3 rings (SSSR count). The van der Waals surface area contributed by atoms with Crippen molar-refractivity contribution in [1.29, 1.82) is 0 Å². The van der Waals surface area contributed by atoms with Crippen LogP contribution in [0.1, 0.15) is 45.7 Å². The largest absolute Gasteiger partial charge is 0.476 e. The van der Waals surface area contributed by atoms with Crippen molar-refractivity contribution in [3.05, 3.63) is 62.8 Å². The average Bonchev–Trinajstić information content (AvgIpc) is 2.75. The van der Waals surface area contributed by atoms with Crippen molar-refractivity contribution < 1.29 is 13.9 Å². The molecule has 0 unspecified atom stereocenters. The summed E-state index contributed by atoms with van der Waals surface area (Å²) in [6, 6.07) is 11.2. The Morgan fingerprint density at radius 3 is 2.28 bits per heavy atom. The highest BCUT2D eigenvalue weighted by atomic mass is 35.5. The summed E-state index contributed by atoms with van der Waals surface area (Å²) < 4.78 is 12.0. The maximum Gasteiger partial charge on any atom is 0.260 e. The van der Waals surface area contributed by atoms with Crippen LogP contribution in [0.5, 0.6) is 5.75 Å². The monoisotopic (exact) mass is 455 g/mol. The summed E-state index contributed by atoms with van der Waals surface area (Å²) in [5, 5.41) is 0.790. The van der Waals surface area contributed by atoms with Crippen LogP contribution in [0.15, 0.2) is 45.6 Å². The Balaban J connectivity index is 2.14. The predicted octanol–water partition coefficient (Wildman–Crippen LogP) is 5.97. The summed E-state index contributed by atoms with van der Waals surface area (Å²) in [4.78, 5) is 27.5. The van der Waals surface area contributed by atoms with Gasteiger partial charge in [-0.25, -0.2) is 0 Å². The van der Waals surface area contributed by atoms with E-state index in [2.05, 4.69) is 20.8 Å². The van der Waals surface area contributed by atoms with E-state index in [-0.39, 0.29) is 29.1 Å². The van der Waals surface area contributed by atoms with Crippen LogP contribution in [-0.2, 0) is 10.2 Å². The molecule has 0 aliphatic heterocycles. The lowest BCUT2D eigenvalue weighted by Gasteiger charge is -2.20. The zero-order chi connectivity index (χ0) is 23.6. The molecule has 0 radical (unpaired) electrons. The fourth-order valence-corrected chi connectivity index (χ4v) is 3.71. The number of ether oxygens (including phenoxy) is 1. The van der Waals surface area contributed by atoms with Crippen LogP contribution in [0.4, 0.5) is 0 Å². The van der Waals surface area contributed by atoms with Gasteiger partial charge in [0.25, 0.3) is 5.91 Å². The number of likely N-dealkylation sites (N-methyl/N-ethyl adjacent to an activating group) is 1. The van der Waals surface area contributed by atoms with E-state index in [9.17, 15) is 9.59 Å². The highest BCUT2D eigenvalue weighted by molar-refractivity contribution is 6.32. The predicted molar refractivity (Wildman–Crippen MR) is 130 cm³/mol. The number of carbonyl (C=O) groups excluding carboxylic acids is 1. The average molecular weight is 456 g/mol. The first-order valence-electron chi connectivity index (χ1n) is 10.8. The van der Waals surface area contributed by atoms with Gasteiger partial charge in [0.05, 0.1) is 5.39 Å². The van der Waals surface area contributed by atoms with Gasteiger partial charge in [-0.1, -0.05) is 56.6 Å². The molecule has 1 amide bonds. The van der Waals surface area contributed by atoms with Gasteiger partial charge >= 0.3 is 0 Å². The molecule has 0 saturated heterocycles. The van der Waals surface area contributed by atoms with Gasteiger partial charge in [0.2, 0.25) is 11.2 Å². The first kappa shape index (κ1) is 23.9. The molecule has 5 nitrogen and oxygen atoms in total. The van der Waals surface area contributed by atoms with Crippen LogP contribution in [0.3, 0.4) is 0 Å². The molecule has 0 bridgehead atoms. The Bertz CT molecular complexity index is 1190. The molecule has 0 N–H and O–H groups in total. The zero-order valence-corrected chi connectivity index (χ0v) is 20.3. The highest BCUT2D eigenvalue weighted by Gasteiger charge is 2.21. The smallest absolute Gasteiger partial charge is 0.260 e. The quantitative estimate of drug-likeness (QED) is 0.459. The Labute approximate surface area is 193 Å². The minimum atomic E-state index is -0.351. The standard InChI is InChI=1S/C26H30ClNO4/c1-7-28(8-2)22(29)15-31-25-23(30)19-14-20(27)16(3)13-21(19)32-24(25)17-9-11-18(12-10-17)26(4,5)6/h9-14H,7-8,15H2,1-6H3.